The van der Waals surface area contributed by atoms with E-state index in [1.54, 1.807) is 19.4 Å². The van der Waals surface area contributed by atoms with Crippen molar-refractivity contribution >= 4 is 28.2 Å². The van der Waals surface area contributed by atoms with Crippen LogP contribution in [0.2, 0.25) is 0 Å². The van der Waals surface area contributed by atoms with Crippen molar-refractivity contribution in [2.45, 2.75) is 13.0 Å². The van der Waals surface area contributed by atoms with Crippen LogP contribution in [0.4, 0.5) is 21.7 Å². The number of anilines is 3. The minimum absolute atomic E-state index is 0.215. The van der Waals surface area contributed by atoms with E-state index in [-0.39, 0.29) is 11.9 Å². The highest BCUT2D eigenvalue weighted by Crippen LogP contribution is 2.31. The standard InChI is InChI=1S/C26H26FN5O/c1-17-15-28-12-13-32(17)24-14-20(8-11-23(24)27)30-26-29-16-19-4-3-5-22(25(19)31-26)18-6-9-21(33-2)10-7-18/h3-11,14,16-17,28H,12-13,15H2,1-2H3,(H,29,30,31). The van der Waals surface area contributed by atoms with Gasteiger partial charge in [-0.3, -0.25) is 0 Å². The van der Waals surface area contributed by atoms with Crippen molar-refractivity contribution < 1.29 is 9.13 Å². The lowest BCUT2D eigenvalue weighted by molar-refractivity contribution is 0.415. The highest BCUT2D eigenvalue weighted by molar-refractivity contribution is 5.94. The van der Waals surface area contributed by atoms with E-state index in [2.05, 4.69) is 27.4 Å². The molecule has 33 heavy (non-hydrogen) atoms. The van der Waals surface area contributed by atoms with Crippen molar-refractivity contribution in [2.24, 2.45) is 0 Å². The average Bonchev–Trinajstić information content (AvgIpc) is 2.85. The Kier molecular flexibility index (Phi) is 5.79. The van der Waals surface area contributed by atoms with Gasteiger partial charge in [0.05, 0.1) is 18.3 Å². The molecule has 0 spiro atoms. The number of ether oxygens (including phenoxy) is 1. The lowest BCUT2D eigenvalue weighted by Crippen LogP contribution is -2.50. The maximum atomic E-state index is 14.6. The number of benzene rings is 3. The Morgan fingerprint density at radius 3 is 2.76 bits per heavy atom. The molecule has 0 radical (unpaired) electrons. The molecule has 1 atom stereocenters. The minimum Gasteiger partial charge on any atom is -0.497 e. The molecule has 4 aromatic rings. The normalized spacial score (nSPS) is 16.1. The van der Waals surface area contributed by atoms with Crippen molar-refractivity contribution in [2.75, 3.05) is 37.0 Å². The van der Waals surface area contributed by atoms with Gasteiger partial charge in [0.15, 0.2) is 0 Å². The monoisotopic (exact) mass is 443 g/mol. The molecule has 0 amide bonds. The van der Waals surface area contributed by atoms with Crippen molar-refractivity contribution in [1.29, 1.82) is 0 Å². The molecule has 0 bridgehead atoms. The van der Waals surface area contributed by atoms with E-state index in [0.29, 0.717) is 11.6 Å². The SMILES string of the molecule is COc1ccc(-c2cccc3cnc(Nc4ccc(F)c(N5CCNCC5C)c4)nc23)cc1. The number of nitrogens with zero attached hydrogens (tertiary/aromatic N) is 3. The third-order valence-electron chi connectivity index (χ3n) is 6.02. The van der Waals surface area contributed by atoms with Gasteiger partial charge in [0, 0.05) is 48.5 Å². The number of rotatable bonds is 5. The van der Waals surface area contributed by atoms with Gasteiger partial charge in [0.25, 0.3) is 0 Å². The van der Waals surface area contributed by atoms with Crippen LogP contribution in [0.3, 0.4) is 0 Å². The summed E-state index contributed by atoms with van der Waals surface area (Å²) in [6.45, 7) is 4.53. The predicted molar refractivity (Wildman–Crippen MR) is 131 cm³/mol. The van der Waals surface area contributed by atoms with Gasteiger partial charge in [0.2, 0.25) is 5.95 Å². The van der Waals surface area contributed by atoms with Gasteiger partial charge in [0.1, 0.15) is 11.6 Å². The van der Waals surface area contributed by atoms with Crippen molar-refractivity contribution in [1.82, 2.24) is 15.3 Å². The van der Waals surface area contributed by atoms with E-state index in [1.165, 1.54) is 6.07 Å². The van der Waals surface area contributed by atoms with Gasteiger partial charge in [-0.15, -0.1) is 0 Å². The topological polar surface area (TPSA) is 62.3 Å². The first kappa shape index (κ1) is 21.2. The molecular weight excluding hydrogens is 417 g/mol. The Morgan fingerprint density at radius 1 is 1.12 bits per heavy atom. The Labute approximate surface area is 192 Å². The Hall–Kier alpha value is -3.71. The molecule has 1 unspecified atom stereocenters. The summed E-state index contributed by atoms with van der Waals surface area (Å²) in [5.74, 6) is 1.05. The fraction of sp³-hybridized carbons (Fsp3) is 0.231. The fourth-order valence-electron chi connectivity index (χ4n) is 4.26. The van der Waals surface area contributed by atoms with E-state index in [4.69, 9.17) is 9.72 Å². The first-order chi connectivity index (χ1) is 16.1. The number of hydrogen-bond acceptors (Lipinski definition) is 6. The predicted octanol–water partition coefficient (Wildman–Crippen LogP) is 4.99. The molecule has 2 N–H and O–H groups in total. The summed E-state index contributed by atoms with van der Waals surface area (Å²) in [6.07, 6.45) is 1.81. The summed E-state index contributed by atoms with van der Waals surface area (Å²) >= 11 is 0. The first-order valence-corrected chi connectivity index (χ1v) is 11.1. The van der Waals surface area contributed by atoms with Crippen LogP contribution in [-0.4, -0.2) is 42.8 Å². The molecule has 2 heterocycles. The Balaban J connectivity index is 1.48. The van der Waals surface area contributed by atoms with Crippen LogP contribution < -0.4 is 20.3 Å². The number of para-hydroxylation sites is 1. The molecule has 0 saturated carbocycles. The second-order valence-electron chi connectivity index (χ2n) is 8.20. The zero-order valence-corrected chi connectivity index (χ0v) is 18.7. The van der Waals surface area contributed by atoms with E-state index in [0.717, 1.165) is 53.1 Å². The second-order valence-corrected chi connectivity index (χ2v) is 8.20. The van der Waals surface area contributed by atoms with E-state index in [9.17, 15) is 4.39 Å². The molecule has 1 aromatic heterocycles. The van der Waals surface area contributed by atoms with Gasteiger partial charge < -0.3 is 20.3 Å². The molecule has 168 valence electrons. The van der Waals surface area contributed by atoms with Crippen molar-refractivity contribution in [3.8, 4) is 16.9 Å². The highest BCUT2D eigenvalue weighted by atomic mass is 19.1. The number of aromatic nitrogens is 2. The summed E-state index contributed by atoms with van der Waals surface area (Å²) in [5, 5.41) is 7.55. The quantitative estimate of drug-likeness (QED) is 0.453. The number of nitrogens with one attached hydrogen (secondary N) is 2. The lowest BCUT2D eigenvalue weighted by Gasteiger charge is -2.36. The lowest BCUT2D eigenvalue weighted by atomic mass is 10.0. The molecule has 3 aromatic carbocycles. The number of halogens is 1. The van der Waals surface area contributed by atoms with Crippen molar-refractivity contribution in [3.63, 3.8) is 0 Å². The van der Waals surface area contributed by atoms with Crippen molar-refractivity contribution in [3.05, 3.63) is 72.7 Å². The van der Waals surface area contributed by atoms with Crippen LogP contribution in [0.25, 0.3) is 22.0 Å². The fourth-order valence-corrected chi connectivity index (χ4v) is 4.26. The summed E-state index contributed by atoms with van der Waals surface area (Å²) < 4.78 is 19.9. The third kappa shape index (κ3) is 4.32. The van der Waals surface area contributed by atoms with E-state index in [1.807, 2.05) is 48.5 Å². The van der Waals surface area contributed by atoms with Gasteiger partial charge in [-0.1, -0.05) is 30.3 Å². The molecule has 0 aliphatic carbocycles. The second kappa shape index (κ2) is 9.03. The first-order valence-electron chi connectivity index (χ1n) is 11.1. The molecule has 1 fully saturated rings. The highest BCUT2D eigenvalue weighted by Gasteiger charge is 2.21. The van der Waals surface area contributed by atoms with Crippen LogP contribution in [0.15, 0.2) is 66.9 Å². The van der Waals surface area contributed by atoms with E-state index < -0.39 is 0 Å². The summed E-state index contributed by atoms with van der Waals surface area (Å²) in [6, 6.07) is 19.2. The minimum atomic E-state index is -0.226. The number of fused-ring (bicyclic) bond motifs is 1. The van der Waals surface area contributed by atoms with Gasteiger partial charge >= 0.3 is 0 Å². The zero-order valence-electron chi connectivity index (χ0n) is 18.7. The third-order valence-corrected chi connectivity index (χ3v) is 6.02. The average molecular weight is 444 g/mol. The molecule has 1 saturated heterocycles. The number of piperazine rings is 1. The molecule has 1 aliphatic heterocycles. The van der Waals surface area contributed by atoms with Crippen LogP contribution in [0.1, 0.15) is 6.92 Å². The largest absolute Gasteiger partial charge is 0.497 e. The maximum absolute atomic E-state index is 14.6. The molecule has 5 rings (SSSR count). The summed E-state index contributed by atoms with van der Waals surface area (Å²) in [7, 11) is 1.65. The maximum Gasteiger partial charge on any atom is 0.227 e. The van der Waals surface area contributed by atoms with Crippen LogP contribution in [0.5, 0.6) is 5.75 Å². The van der Waals surface area contributed by atoms with Crippen LogP contribution >= 0.6 is 0 Å². The number of methoxy groups -OCH3 is 1. The smallest absolute Gasteiger partial charge is 0.227 e. The Bertz CT molecular complexity index is 1280. The van der Waals surface area contributed by atoms with Gasteiger partial charge in [-0.2, -0.15) is 0 Å². The molecule has 6 nitrogen and oxygen atoms in total. The summed E-state index contributed by atoms with van der Waals surface area (Å²) in [4.78, 5) is 11.4. The Morgan fingerprint density at radius 2 is 1.97 bits per heavy atom. The van der Waals surface area contributed by atoms with Gasteiger partial charge in [-0.05, 0) is 42.8 Å². The molecule has 1 aliphatic rings. The van der Waals surface area contributed by atoms with Crippen LogP contribution in [-0.2, 0) is 0 Å². The van der Waals surface area contributed by atoms with Gasteiger partial charge in [-0.25, -0.2) is 14.4 Å². The number of hydrogen-bond donors (Lipinski definition) is 2. The molecular formula is C26H26FN5O. The van der Waals surface area contributed by atoms with E-state index >= 15 is 0 Å². The molecule has 7 heteroatoms. The summed E-state index contributed by atoms with van der Waals surface area (Å²) in [5.41, 5.74) is 4.24. The van der Waals surface area contributed by atoms with Crippen LogP contribution in [0, 0.1) is 5.82 Å². The zero-order chi connectivity index (χ0) is 22.8.